The first-order valence-corrected chi connectivity index (χ1v) is 6.03. The Morgan fingerprint density at radius 1 is 1.41 bits per heavy atom. The van der Waals surface area contributed by atoms with Crippen LogP contribution in [0.4, 0.5) is 0 Å². The van der Waals surface area contributed by atoms with E-state index in [1.807, 2.05) is 6.07 Å². The number of amides is 1. The lowest BCUT2D eigenvalue weighted by molar-refractivity contribution is -0.128. The number of hydrogen-bond donors (Lipinski definition) is 0. The number of hydrogen-bond acceptors (Lipinski definition) is 1. The molecule has 1 atom stereocenters. The van der Waals surface area contributed by atoms with Crippen molar-refractivity contribution in [3.63, 3.8) is 0 Å². The first-order chi connectivity index (χ1) is 8.10. The van der Waals surface area contributed by atoms with Gasteiger partial charge in [0.25, 0.3) is 0 Å². The third-order valence-electron chi connectivity index (χ3n) is 2.81. The van der Waals surface area contributed by atoms with E-state index in [0.29, 0.717) is 29.6 Å². The Morgan fingerprint density at radius 3 is 2.76 bits per heavy atom. The topological polar surface area (TPSA) is 20.3 Å². The van der Waals surface area contributed by atoms with E-state index in [4.69, 9.17) is 29.6 Å². The highest BCUT2D eigenvalue weighted by Gasteiger charge is 2.28. The maximum absolute atomic E-state index is 11.7. The van der Waals surface area contributed by atoms with Gasteiger partial charge < -0.3 is 4.90 Å². The molecule has 17 heavy (non-hydrogen) atoms. The van der Waals surface area contributed by atoms with Crippen LogP contribution in [0.25, 0.3) is 0 Å². The highest BCUT2D eigenvalue weighted by Crippen LogP contribution is 2.25. The van der Waals surface area contributed by atoms with E-state index >= 15 is 0 Å². The van der Waals surface area contributed by atoms with E-state index in [9.17, 15) is 4.79 Å². The number of carbonyl (C=O) groups excluding carboxylic acids is 1. The van der Waals surface area contributed by atoms with Crippen molar-refractivity contribution in [2.24, 2.45) is 5.92 Å². The number of halogens is 2. The van der Waals surface area contributed by atoms with Crippen LogP contribution in [0.1, 0.15) is 12.0 Å². The summed E-state index contributed by atoms with van der Waals surface area (Å²) in [5.74, 6) is 2.75. The zero-order valence-electron chi connectivity index (χ0n) is 9.12. The fourth-order valence-corrected chi connectivity index (χ4v) is 2.22. The summed E-state index contributed by atoms with van der Waals surface area (Å²) >= 11 is 11.8. The van der Waals surface area contributed by atoms with E-state index < -0.39 is 0 Å². The number of terminal acetylenes is 1. The monoisotopic (exact) mass is 267 g/mol. The van der Waals surface area contributed by atoms with Crippen molar-refractivity contribution in [1.29, 1.82) is 0 Å². The van der Waals surface area contributed by atoms with Crippen LogP contribution >= 0.6 is 23.2 Å². The molecule has 1 aromatic rings. The molecule has 0 bridgehead atoms. The van der Waals surface area contributed by atoms with Gasteiger partial charge in [0.2, 0.25) is 5.91 Å². The number of benzene rings is 1. The normalized spacial score (nSPS) is 19.5. The molecule has 2 nitrogen and oxygen atoms in total. The van der Waals surface area contributed by atoms with E-state index in [2.05, 4.69) is 5.92 Å². The van der Waals surface area contributed by atoms with Gasteiger partial charge in [-0.2, -0.15) is 0 Å². The Kier molecular flexibility index (Phi) is 3.61. The van der Waals surface area contributed by atoms with Crippen molar-refractivity contribution < 1.29 is 4.79 Å². The van der Waals surface area contributed by atoms with Crippen molar-refractivity contribution in [3.05, 3.63) is 33.8 Å². The SMILES string of the molecule is C#CC1CC(=O)N(Cc2ccc(Cl)c(Cl)c2)C1. The van der Waals surface area contributed by atoms with E-state index in [1.54, 1.807) is 17.0 Å². The second-order valence-corrected chi connectivity index (χ2v) is 4.90. The number of rotatable bonds is 2. The third kappa shape index (κ3) is 2.74. The van der Waals surface area contributed by atoms with Crippen LogP contribution in [0.15, 0.2) is 18.2 Å². The Labute approximate surface area is 111 Å². The van der Waals surface area contributed by atoms with Gasteiger partial charge in [-0.25, -0.2) is 0 Å². The maximum atomic E-state index is 11.7. The van der Waals surface area contributed by atoms with Gasteiger partial charge in [-0.3, -0.25) is 4.79 Å². The Balaban J connectivity index is 2.09. The average molecular weight is 268 g/mol. The second-order valence-electron chi connectivity index (χ2n) is 4.09. The molecule has 0 aliphatic carbocycles. The minimum atomic E-state index is 0.0327. The lowest BCUT2D eigenvalue weighted by Gasteiger charge is -2.16. The Bertz CT molecular complexity index is 493. The summed E-state index contributed by atoms with van der Waals surface area (Å²) in [6.45, 7) is 1.16. The molecule has 0 saturated carbocycles. The first-order valence-electron chi connectivity index (χ1n) is 5.28. The fraction of sp³-hybridized carbons (Fsp3) is 0.308. The van der Waals surface area contributed by atoms with Gasteiger partial charge in [0.05, 0.1) is 10.0 Å². The molecule has 1 aliphatic rings. The maximum Gasteiger partial charge on any atom is 0.224 e. The standard InChI is InChI=1S/C13H11Cl2NO/c1-2-9-6-13(17)16(7-9)8-10-3-4-11(14)12(15)5-10/h1,3-5,9H,6-8H2. The van der Waals surface area contributed by atoms with E-state index in [0.717, 1.165) is 5.56 Å². The molecule has 0 N–H and O–H groups in total. The molecule has 1 unspecified atom stereocenters. The summed E-state index contributed by atoms with van der Waals surface area (Å²) in [5.41, 5.74) is 0.963. The Morgan fingerprint density at radius 2 is 2.18 bits per heavy atom. The largest absolute Gasteiger partial charge is 0.337 e. The highest BCUT2D eigenvalue weighted by atomic mass is 35.5. The van der Waals surface area contributed by atoms with Crippen LogP contribution in [-0.2, 0) is 11.3 Å². The predicted octanol–water partition coefficient (Wildman–Crippen LogP) is 2.98. The smallest absolute Gasteiger partial charge is 0.224 e. The van der Waals surface area contributed by atoms with Gasteiger partial charge in [-0.1, -0.05) is 29.3 Å². The zero-order chi connectivity index (χ0) is 12.4. The number of likely N-dealkylation sites (tertiary alicyclic amines) is 1. The third-order valence-corrected chi connectivity index (χ3v) is 3.55. The number of carbonyl (C=O) groups is 1. The van der Waals surface area contributed by atoms with Crippen molar-refractivity contribution in [2.75, 3.05) is 6.54 Å². The minimum absolute atomic E-state index is 0.0327. The lowest BCUT2D eigenvalue weighted by Crippen LogP contribution is -2.24. The van der Waals surface area contributed by atoms with Crippen molar-refractivity contribution in [1.82, 2.24) is 4.90 Å². The molecule has 1 heterocycles. The molecule has 2 rings (SSSR count). The quantitative estimate of drug-likeness (QED) is 0.755. The van der Waals surface area contributed by atoms with Crippen molar-refractivity contribution in [2.45, 2.75) is 13.0 Å². The van der Waals surface area contributed by atoms with Crippen LogP contribution < -0.4 is 0 Å². The molecule has 1 fully saturated rings. The lowest BCUT2D eigenvalue weighted by atomic mass is 10.1. The van der Waals surface area contributed by atoms with Gasteiger partial charge in [-0.15, -0.1) is 12.3 Å². The first kappa shape index (κ1) is 12.3. The molecule has 0 radical (unpaired) electrons. The Hall–Kier alpha value is -1.17. The van der Waals surface area contributed by atoms with Gasteiger partial charge in [0, 0.05) is 25.4 Å². The molecule has 1 amide bonds. The van der Waals surface area contributed by atoms with Crippen LogP contribution in [-0.4, -0.2) is 17.4 Å². The summed E-state index contributed by atoms with van der Waals surface area (Å²) in [6.07, 6.45) is 5.77. The van der Waals surface area contributed by atoms with Gasteiger partial charge in [-0.05, 0) is 17.7 Å². The van der Waals surface area contributed by atoms with Gasteiger partial charge in [0.15, 0.2) is 0 Å². The fourth-order valence-electron chi connectivity index (χ4n) is 1.90. The van der Waals surface area contributed by atoms with Crippen LogP contribution in [0.2, 0.25) is 10.0 Å². The minimum Gasteiger partial charge on any atom is -0.337 e. The summed E-state index contributed by atoms with van der Waals surface area (Å²) < 4.78 is 0. The summed E-state index contributed by atoms with van der Waals surface area (Å²) in [5, 5.41) is 1.02. The van der Waals surface area contributed by atoms with E-state index in [-0.39, 0.29) is 11.8 Å². The molecule has 1 aromatic carbocycles. The van der Waals surface area contributed by atoms with Crippen LogP contribution in [0.3, 0.4) is 0 Å². The second kappa shape index (κ2) is 5.00. The summed E-state index contributed by atoms with van der Waals surface area (Å²) in [4.78, 5) is 13.4. The van der Waals surface area contributed by atoms with Crippen molar-refractivity contribution >= 4 is 29.1 Å². The van der Waals surface area contributed by atoms with Crippen LogP contribution in [0.5, 0.6) is 0 Å². The van der Waals surface area contributed by atoms with E-state index in [1.165, 1.54) is 0 Å². The molecule has 0 aromatic heterocycles. The molecular formula is C13H11Cl2NO. The van der Waals surface area contributed by atoms with Gasteiger partial charge in [0.1, 0.15) is 0 Å². The summed E-state index contributed by atoms with van der Waals surface area (Å²) in [6, 6.07) is 5.38. The van der Waals surface area contributed by atoms with Crippen LogP contribution in [0, 0.1) is 18.3 Å². The number of nitrogens with zero attached hydrogens (tertiary/aromatic N) is 1. The molecular weight excluding hydrogens is 257 g/mol. The summed E-state index contributed by atoms with van der Waals surface area (Å²) in [7, 11) is 0. The molecule has 1 saturated heterocycles. The van der Waals surface area contributed by atoms with Gasteiger partial charge >= 0.3 is 0 Å². The molecule has 0 spiro atoms. The zero-order valence-corrected chi connectivity index (χ0v) is 10.6. The molecule has 4 heteroatoms. The predicted molar refractivity (Wildman–Crippen MR) is 68.8 cm³/mol. The average Bonchev–Trinajstić information content (AvgIpc) is 2.65. The van der Waals surface area contributed by atoms with Crippen molar-refractivity contribution in [3.8, 4) is 12.3 Å². The molecule has 1 aliphatic heterocycles. The molecule has 88 valence electrons. The highest BCUT2D eigenvalue weighted by molar-refractivity contribution is 6.42.